The highest BCUT2D eigenvalue weighted by Crippen LogP contribution is 2.56. The van der Waals surface area contributed by atoms with Gasteiger partial charge in [0.1, 0.15) is 4.90 Å². The van der Waals surface area contributed by atoms with E-state index in [-0.39, 0.29) is 16.4 Å². The monoisotopic (exact) mass is 347 g/mol. The molecular formula is C17H21N3O3S. The van der Waals surface area contributed by atoms with Gasteiger partial charge in [0.2, 0.25) is 10.0 Å². The van der Waals surface area contributed by atoms with E-state index in [0.29, 0.717) is 19.8 Å². The van der Waals surface area contributed by atoms with Crippen LogP contribution in [0.15, 0.2) is 47.6 Å². The van der Waals surface area contributed by atoms with Crippen molar-refractivity contribution in [3.63, 3.8) is 0 Å². The predicted molar refractivity (Wildman–Crippen MR) is 88.8 cm³/mol. The number of hydrogen-bond donors (Lipinski definition) is 0. The first-order valence-corrected chi connectivity index (χ1v) is 9.60. The van der Waals surface area contributed by atoms with E-state index in [1.54, 1.807) is 17.5 Å². The lowest BCUT2D eigenvalue weighted by Gasteiger charge is -2.58. The van der Waals surface area contributed by atoms with Crippen LogP contribution in [-0.2, 0) is 21.8 Å². The predicted octanol–water partition coefficient (Wildman–Crippen LogP) is 1.96. The van der Waals surface area contributed by atoms with E-state index < -0.39 is 10.0 Å². The highest BCUT2D eigenvalue weighted by atomic mass is 32.2. The molecular weight excluding hydrogens is 326 g/mol. The lowest BCUT2D eigenvalue weighted by molar-refractivity contribution is -0.0952. The van der Waals surface area contributed by atoms with E-state index in [1.807, 2.05) is 30.3 Å². The van der Waals surface area contributed by atoms with Crippen molar-refractivity contribution in [1.82, 2.24) is 14.1 Å². The molecule has 2 saturated heterocycles. The van der Waals surface area contributed by atoms with Crippen LogP contribution >= 0.6 is 0 Å². The van der Waals surface area contributed by atoms with Gasteiger partial charge in [-0.2, -0.15) is 9.40 Å². The van der Waals surface area contributed by atoms with Gasteiger partial charge in [-0.15, -0.1) is 0 Å². The summed E-state index contributed by atoms with van der Waals surface area (Å²) < 4.78 is 34.8. The fourth-order valence-electron chi connectivity index (χ4n) is 3.94. The van der Waals surface area contributed by atoms with Gasteiger partial charge in [0.05, 0.1) is 12.2 Å². The van der Waals surface area contributed by atoms with E-state index >= 15 is 0 Å². The average Bonchev–Trinajstić information content (AvgIpc) is 3.02. The molecule has 7 heteroatoms. The van der Waals surface area contributed by atoms with E-state index in [4.69, 9.17) is 4.74 Å². The molecule has 2 aliphatic heterocycles. The zero-order valence-electron chi connectivity index (χ0n) is 13.6. The number of hydrogen-bond acceptors (Lipinski definition) is 4. The average molecular weight is 347 g/mol. The van der Waals surface area contributed by atoms with E-state index in [9.17, 15) is 8.42 Å². The first-order valence-electron chi connectivity index (χ1n) is 8.16. The molecule has 0 amide bonds. The zero-order valence-corrected chi connectivity index (χ0v) is 14.4. The normalized spacial score (nSPS) is 24.0. The third-order valence-corrected chi connectivity index (χ3v) is 6.99. The molecule has 2 fully saturated rings. The molecule has 24 heavy (non-hydrogen) atoms. The molecule has 128 valence electrons. The fourth-order valence-corrected chi connectivity index (χ4v) is 5.72. The van der Waals surface area contributed by atoms with Gasteiger partial charge >= 0.3 is 0 Å². The maximum absolute atomic E-state index is 13.1. The lowest BCUT2D eigenvalue weighted by atomic mass is 9.65. The van der Waals surface area contributed by atoms with Crippen molar-refractivity contribution in [2.24, 2.45) is 12.5 Å². The van der Waals surface area contributed by atoms with Gasteiger partial charge in [-0.05, 0) is 18.4 Å². The summed E-state index contributed by atoms with van der Waals surface area (Å²) in [5.41, 5.74) is 1.03. The van der Waals surface area contributed by atoms with Crippen molar-refractivity contribution in [3.8, 4) is 0 Å². The number of nitrogens with zero attached hydrogens (tertiary/aromatic N) is 3. The molecule has 0 radical (unpaired) electrons. The fraction of sp³-hybridized carbons (Fsp3) is 0.471. The summed E-state index contributed by atoms with van der Waals surface area (Å²) in [6.07, 6.45) is 4.77. The highest BCUT2D eigenvalue weighted by molar-refractivity contribution is 7.89. The van der Waals surface area contributed by atoms with Crippen molar-refractivity contribution in [2.45, 2.75) is 23.8 Å². The van der Waals surface area contributed by atoms with Gasteiger partial charge in [0.25, 0.3) is 0 Å². The zero-order chi connectivity index (χ0) is 16.8. The molecule has 1 aromatic carbocycles. The van der Waals surface area contributed by atoms with Gasteiger partial charge in [0, 0.05) is 38.4 Å². The molecule has 6 nitrogen and oxygen atoms in total. The molecule has 0 bridgehead atoms. The first-order chi connectivity index (χ1) is 11.5. The number of sulfonamides is 1. The topological polar surface area (TPSA) is 64.4 Å². The van der Waals surface area contributed by atoms with Gasteiger partial charge < -0.3 is 4.74 Å². The smallest absolute Gasteiger partial charge is 0.246 e. The number of aromatic nitrogens is 2. The first kappa shape index (κ1) is 15.8. The van der Waals surface area contributed by atoms with Crippen LogP contribution in [-0.4, -0.2) is 42.3 Å². The Bertz CT molecular complexity index is 826. The largest absolute Gasteiger partial charge is 0.381 e. The minimum atomic E-state index is -3.54. The van der Waals surface area contributed by atoms with Crippen molar-refractivity contribution >= 4 is 10.0 Å². The molecule has 3 heterocycles. The summed E-state index contributed by atoms with van der Waals surface area (Å²) in [6.45, 7) is 1.95. The SMILES string of the molecule is Cn1cc(S(=O)(=O)N2CC3(CCOCC3)[C@H]2c2ccccc2)cn1. The molecule has 0 aliphatic carbocycles. The van der Waals surface area contributed by atoms with Crippen LogP contribution in [0, 0.1) is 5.41 Å². The summed E-state index contributed by atoms with van der Waals surface area (Å²) in [7, 11) is -1.82. The molecule has 0 unspecified atom stereocenters. The summed E-state index contributed by atoms with van der Waals surface area (Å²) in [4.78, 5) is 0.257. The van der Waals surface area contributed by atoms with Crippen LogP contribution in [0.2, 0.25) is 0 Å². The summed E-state index contributed by atoms with van der Waals surface area (Å²) in [6, 6.07) is 9.80. The minimum absolute atomic E-state index is 0.0190. The van der Waals surface area contributed by atoms with Gasteiger partial charge in [-0.1, -0.05) is 30.3 Å². The lowest BCUT2D eigenvalue weighted by Crippen LogP contribution is -2.62. The summed E-state index contributed by atoms with van der Waals surface area (Å²) in [5.74, 6) is 0. The van der Waals surface area contributed by atoms with Gasteiger partial charge in [-0.25, -0.2) is 8.42 Å². The molecule has 0 saturated carbocycles. The van der Waals surface area contributed by atoms with Crippen LogP contribution in [0.1, 0.15) is 24.4 Å². The Morgan fingerprint density at radius 1 is 1.21 bits per heavy atom. The Balaban J connectivity index is 1.73. The van der Waals surface area contributed by atoms with Crippen LogP contribution in [0.25, 0.3) is 0 Å². The Labute approximate surface area is 142 Å². The van der Waals surface area contributed by atoms with E-state index in [0.717, 1.165) is 18.4 Å². The van der Waals surface area contributed by atoms with E-state index in [1.165, 1.54) is 10.9 Å². The maximum Gasteiger partial charge on any atom is 0.246 e. The Hall–Kier alpha value is -1.70. The van der Waals surface area contributed by atoms with Crippen LogP contribution in [0.4, 0.5) is 0 Å². The second-order valence-corrected chi connectivity index (χ2v) is 8.58. The number of ether oxygens (including phenoxy) is 1. The molecule has 2 aromatic rings. The molecule has 1 aromatic heterocycles. The maximum atomic E-state index is 13.1. The van der Waals surface area contributed by atoms with E-state index in [2.05, 4.69) is 5.10 Å². The summed E-state index contributed by atoms with van der Waals surface area (Å²) >= 11 is 0. The Morgan fingerprint density at radius 3 is 2.54 bits per heavy atom. The number of aryl methyl sites for hydroxylation is 1. The minimum Gasteiger partial charge on any atom is -0.381 e. The van der Waals surface area contributed by atoms with Crippen LogP contribution < -0.4 is 0 Å². The van der Waals surface area contributed by atoms with Crippen LogP contribution in [0.5, 0.6) is 0 Å². The van der Waals surface area contributed by atoms with Crippen molar-refractivity contribution in [3.05, 3.63) is 48.3 Å². The molecule has 1 spiro atoms. The Morgan fingerprint density at radius 2 is 1.92 bits per heavy atom. The van der Waals surface area contributed by atoms with Gasteiger partial charge in [-0.3, -0.25) is 4.68 Å². The number of benzene rings is 1. The quantitative estimate of drug-likeness (QED) is 0.851. The molecule has 2 aliphatic rings. The Kier molecular flexibility index (Phi) is 3.74. The van der Waals surface area contributed by atoms with Crippen molar-refractivity contribution in [2.75, 3.05) is 19.8 Å². The number of rotatable bonds is 3. The molecule has 0 N–H and O–H groups in total. The highest BCUT2D eigenvalue weighted by Gasteiger charge is 2.57. The third-order valence-electron chi connectivity index (χ3n) is 5.23. The van der Waals surface area contributed by atoms with Gasteiger partial charge in [0.15, 0.2) is 0 Å². The standard InChI is InChI=1S/C17H21N3O3S/c1-19-12-15(11-18-19)24(21,22)20-13-17(7-9-23-10-8-17)16(20)14-5-3-2-4-6-14/h2-6,11-12,16H,7-10,13H2,1H3/t16-/m1/s1. The second kappa shape index (κ2) is 5.68. The second-order valence-electron chi connectivity index (χ2n) is 6.69. The van der Waals surface area contributed by atoms with Crippen molar-refractivity contribution in [1.29, 1.82) is 0 Å². The molecule has 4 rings (SSSR count). The summed E-state index contributed by atoms with van der Waals surface area (Å²) in [5, 5.41) is 4.02. The van der Waals surface area contributed by atoms with Crippen molar-refractivity contribution < 1.29 is 13.2 Å². The third kappa shape index (κ3) is 2.39. The molecule has 1 atom stereocenters. The van der Waals surface area contributed by atoms with Crippen LogP contribution in [0.3, 0.4) is 0 Å².